The molecule has 3 rings (SSSR count). The van der Waals surface area contributed by atoms with Crippen molar-refractivity contribution in [2.75, 3.05) is 46.5 Å². The van der Waals surface area contributed by atoms with Gasteiger partial charge in [0.25, 0.3) is 0 Å². The number of hydrogen-bond donors (Lipinski definition) is 0. The van der Waals surface area contributed by atoms with Crippen LogP contribution in [0.3, 0.4) is 0 Å². The lowest BCUT2D eigenvalue weighted by Crippen LogP contribution is -2.38. The number of methoxy groups -OCH3 is 1. The van der Waals surface area contributed by atoms with Crippen molar-refractivity contribution in [3.05, 3.63) is 59.9 Å². The van der Waals surface area contributed by atoms with Crippen molar-refractivity contribution in [1.29, 1.82) is 0 Å². The number of rotatable bonds is 11. The van der Waals surface area contributed by atoms with Gasteiger partial charge in [0.2, 0.25) is 5.91 Å². The lowest BCUT2D eigenvalue weighted by Gasteiger charge is -2.28. The summed E-state index contributed by atoms with van der Waals surface area (Å²) in [6.07, 6.45) is 7.95. The number of benzene rings is 1. The minimum Gasteiger partial charge on any atom is -0.493 e. The van der Waals surface area contributed by atoms with Crippen LogP contribution in [0.25, 0.3) is 6.08 Å². The van der Waals surface area contributed by atoms with Gasteiger partial charge in [-0.15, -0.1) is 0 Å². The van der Waals surface area contributed by atoms with Gasteiger partial charge in [0, 0.05) is 51.2 Å². The molecule has 1 aromatic carbocycles. The highest BCUT2D eigenvalue weighted by atomic mass is 16.5. The maximum Gasteiger partial charge on any atom is 0.246 e. The predicted octanol–water partition coefficient (Wildman–Crippen LogP) is 3.64. The third-order valence-electron chi connectivity index (χ3n) is 5.41. The SMILES string of the molecule is COc1cc(/C=C/C(=O)N(CCCN2CCOCC2)Cc2ccncc2)ccc1OC(C)C. The van der Waals surface area contributed by atoms with Gasteiger partial charge in [-0.3, -0.25) is 14.7 Å². The molecular weight excluding hydrogens is 418 g/mol. The zero-order valence-corrected chi connectivity index (χ0v) is 19.9. The van der Waals surface area contributed by atoms with E-state index in [0.717, 1.165) is 50.4 Å². The Kier molecular flexibility index (Phi) is 9.72. The van der Waals surface area contributed by atoms with Crippen molar-refractivity contribution >= 4 is 12.0 Å². The maximum atomic E-state index is 13.1. The highest BCUT2D eigenvalue weighted by Gasteiger charge is 2.14. The molecule has 178 valence electrons. The molecule has 2 aromatic rings. The molecule has 1 fully saturated rings. The summed E-state index contributed by atoms with van der Waals surface area (Å²) in [5.41, 5.74) is 1.95. The van der Waals surface area contributed by atoms with Gasteiger partial charge >= 0.3 is 0 Å². The lowest BCUT2D eigenvalue weighted by molar-refractivity contribution is -0.126. The minimum absolute atomic E-state index is 0.0183. The largest absolute Gasteiger partial charge is 0.493 e. The molecule has 1 aliphatic heterocycles. The number of hydrogen-bond acceptors (Lipinski definition) is 6. The monoisotopic (exact) mass is 453 g/mol. The highest BCUT2D eigenvalue weighted by molar-refractivity contribution is 5.91. The van der Waals surface area contributed by atoms with Gasteiger partial charge in [-0.1, -0.05) is 6.07 Å². The summed E-state index contributed by atoms with van der Waals surface area (Å²) in [6.45, 7) is 9.63. The summed E-state index contributed by atoms with van der Waals surface area (Å²) >= 11 is 0. The van der Waals surface area contributed by atoms with E-state index in [1.165, 1.54) is 0 Å². The van der Waals surface area contributed by atoms with Crippen LogP contribution in [0, 0.1) is 0 Å². The molecule has 0 atom stereocenters. The van der Waals surface area contributed by atoms with E-state index in [1.807, 2.05) is 55.2 Å². The Bertz CT molecular complexity index is 896. The van der Waals surface area contributed by atoms with Crippen LogP contribution in [0.1, 0.15) is 31.4 Å². The molecule has 0 spiro atoms. The van der Waals surface area contributed by atoms with Crippen molar-refractivity contribution < 1.29 is 19.0 Å². The van der Waals surface area contributed by atoms with E-state index in [-0.39, 0.29) is 12.0 Å². The van der Waals surface area contributed by atoms with Crippen molar-refractivity contribution in [3.8, 4) is 11.5 Å². The van der Waals surface area contributed by atoms with Gasteiger partial charge < -0.3 is 19.1 Å². The molecule has 0 bridgehead atoms. The van der Waals surface area contributed by atoms with E-state index in [1.54, 1.807) is 25.6 Å². The summed E-state index contributed by atoms with van der Waals surface area (Å²) in [5, 5.41) is 0. The highest BCUT2D eigenvalue weighted by Crippen LogP contribution is 2.29. The second kappa shape index (κ2) is 13.0. The van der Waals surface area contributed by atoms with Crippen LogP contribution in [0.2, 0.25) is 0 Å². The minimum atomic E-state index is -0.0183. The first-order valence-electron chi connectivity index (χ1n) is 11.6. The maximum absolute atomic E-state index is 13.1. The van der Waals surface area contributed by atoms with Crippen molar-refractivity contribution in [2.45, 2.75) is 32.9 Å². The average molecular weight is 454 g/mol. The fourth-order valence-corrected chi connectivity index (χ4v) is 3.70. The zero-order chi connectivity index (χ0) is 23.5. The second-order valence-corrected chi connectivity index (χ2v) is 8.33. The Hall–Kier alpha value is -2.90. The van der Waals surface area contributed by atoms with Crippen LogP contribution in [0.5, 0.6) is 11.5 Å². The molecular formula is C26H35N3O4. The number of carbonyl (C=O) groups is 1. The number of ether oxygens (including phenoxy) is 3. The topological polar surface area (TPSA) is 64.1 Å². The van der Waals surface area contributed by atoms with E-state index in [4.69, 9.17) is 14.2 Å². The van der Waals surface area contributed by atoms with Crippen LogP contribution in [0.4, 0.5) is 0 Å². The number of pyridine rings is 1. The molecule has 7 nitrogen and oxygen atoms in total. The molecule has 0 aliphatic carbocycles. The van der Waals surface area contributed by atoms with Crippen LogP contribution >= 0.6 is 0 Å². The third-order valence-corrected chi connectivity index (χ3v) is 5.41. The summed E-state index contributed by atoms with van der Waals surface area (Å²) in [6, 6.07) is 9.58. The molecule has 0 saturated carbocycles. The summed E-state index contributed by atoms with van der Waals surface area (Å²) in [5.74, 6) is 1.33. The van der Waals surface area contributed by atoms with Gasteiger partial charge in [-0.25, -0.2) is 0 Å². The molecule has 1 saturated heterocycles. The molecule has 0 unspecified atom stereocenters. The Morgan fingerprint density at radius 3 is 2.64 bits per heavy atom. The van der Waals surface area contributed by atoms with Crippen molar-refractivity contribution in [3.63, 3.8) is 0 Å². The van der Waals surface area contributed by atoms with Crippen molar-refractivity contribution in [2.24, 2.45) is 0 Å². The number of aromatic nitrogens is 1. The molecule has 7 heteroatoms. The van der Waals surface area contributed by atoms with Crippen LogP contribution in [-0.2, 0) is 16.1 Å². The van der Waals surface area contributed by atoms with Crippen LogP contribution < -0.4 is 9.47 Å². The Labute approximate surface area is 197 Å². The fourth-order valence-electron chi connectivity index (χ4n) is 3.70. The number of morpholine rings is 1. The summed E-state index contributed by atoms with van der Waals surface area (Å²) in [4.78, 5) is 21.5. The van der Waals surface area contributed by atoms with Gasteiger partial charge in [-0.2, -0.15) is 0 Å². The Balaban J connectivity index is 1.65. The smallest absolute Gasteiger partial charge is 0.246 e. The predicted molar refractivity (Wildman–Crippen MR) is 129 cm³/mol. The Morgan fingerprint density at radius 2 is 1.94 bits per heavy atom. The van der Waals surface area contributed by atoms with E-state index in [0.29, 0.717) is 24.6 Å². The first kappa shape index (κ1) is 24.7. The molecule has 1 amide bonds. The summed E-state index contributed by atoms with van der Waals surface area (Å²) < 4.78 is 16.7. The van der Waals surface area contributed by atoms with Gasteiger partial charge in [0.1, 0.15) is 0 Å². The molecule has 33 heavy (non-hydrogen) atoms. The average Bonchev–Trinajstić information content (AvgIpc) is 2.83. The van der Waals surface area contributed by atoms with E-state index < -0.39 is 0 Å². The van der Waals surface area contributed by atoms with Crippen LogP contribution in [0.15, 0.2) is 48.8 Å². The van der Waals surface area contributed by atoms with Crippen molar-refractivity contribution in [1.82, 2.24) is 14.8 Å². The van der Waals surface area contributed by atoms with Gasteiger partial charge in [0.05, 0.1) is 26.4 Å². The Morgan fingerprint density at radius 1 is 1.18 bits per heavy atom. The molecule has 2 heterocycles. The lowest BCUT2D eigenvalue weighted by atomic mass is 10.1. The van der Waals surface area contributed by atoms with Gasteiger partial charge in [-0.05, 0) is 61.7 Å². The first-order chi connectivity index (χ1) is 16.0. The number of nitrogens with zero attached hydrogens (tertiary/aromatic N) is 3. The molecule has 0 N–H and O–H groups in total. The second-order valence-electron chi connectivity index (χ2n) is 8.33. The van der Waals surface area contributed by atoms with E-state index in [9.17, 15) is 4.79 Å². The fraction of sp³-hybridized carbons (Fsp3) is 0.462. The number of amides is 1. The molecule has 0 radical (unpaired) electrons. The van der Waals surface area contributed by atoms with Gasteiger partial charge in [0.15, 0.2) is 11.5 Å². The molecule has 1 aromatic heterocycles. The zero-order valence-electron chi connectivity index (χ0n) is 19.9. The van der Waals surface area contributed by atoms with E-state index >= 15 is 0 Å². The standard InChI is InChI=1S/C26H35N3O4/c1-21(2)33-24-7-5-22(19-25(24)31-3)6-8-26(30)29(20-23-9-11-27-12-10-23)14-4-13-28-15-17-32-18-16-28/h5-12,19,21H,4,13-18,20H2,1-3H3/b8-6+. The van der Waals surface area contributed by atoms with E-state index in [2.05, 4.69) is 9.88 Å². The summed E-state index contributed by atoms with van der Waals surface area (Å²) in [7, 11) is 1.62. The third kappa shape index (κ3) is 8.18. The number of carbonyl (C=O) groups excluding carboxylic acids is 1. The normalized spacial score (nSPS) is 14.5. The quantitative estimate of drug-likeness (QED) is 0.484. The first-order valence-corrected chi connectivity index (χ1v) is 11.6. The van der Waals surface area contributed by atoms with Crippen LogP contribution in [-0.4, -0.2) is 73.3 Å². The molecule has 1 aliphatic rings.